The van der Waals surface area contributed by atoms with Crippen molar-refractivity contribution in [3.8, 4) is 0 Å². The highest BCUT2D eigenvalue weighted by molar-refractivity contribution is 7.89. The predicted molar refractivity (Wildman–Crippen MR) is 67.6 cm³/mol. The van der Waals surface area contributed by atoms with Crippen LogP contribution in [-0.4, -0.2) is 38.9 Å². The summed E-state index contributed by atoms with van der Waals surface area (Å²) in [6.07, 6.45) is 0.710. The molecule has 1 fully saturated rings. The summed E-state index contributed by atoms with van der Waals surface area (Å²) in [6, 6.07) is 3.69. The average molecular weight is 293 g/mol. The van der Waals surface area contributed by atoms with Crippen LogP contribution in [0, 0.1) is 5.82 Å². The summed E-state index contributed by atoms with van der Waals surface area (Å²) in [5, 5.41) is 2.98. The molecule has 0 aliphatic carbocycles. The smallest absolute Gasteiger partial charge is 0.247 e. The molecule has 0 amide bonds. The predicted octanol–water partition coefficient (Wildman–Crippen LogP) is 1.46. The molecule has 1 heterocycles. The minimum absolute atomic E-state index is 0.0900. The maximum absolute atomic E-state index is 13.7. The van der Waals surface area contributed by atoms with Gasteiger partial charge in [-0.1, -0.05) is 17.7 Å². The molecule has 1 atom stereocenters. The van der Waals surface area contributed by atoms with Gasteiger partial charge in [-0.15, -0.1) is 0 Å². The normalized spacial score (nSPS) is 20.6. The Bertz CT molecular complexity index is 524. The van der Waals surface area contributed by atoms with E-state index in [0.29, 0.717) is 13.0 Å². The molecule has 0 bridgehead atoms. The van der Waals surface area contributed by atoms with E-state index >= 15 is 0 Å². The summed E-state index contributed by atoms with van der Waals surface area (Å²) < 4.78 is 39.5. The highest BCUT2D eigenvalue weighted by atomic mass is 35.5. The van der Waals surface area contributed by atoms with Crippen LogP contribution in [0.25, 0.3) is 0 Å². The summed E-state index contributed by atoms with van der Waals surface area (Å²) in [6.45, 7) is 1.33. The molecule has 2 rings (SSSR count). The summed E-state index contributed by atoms with van der Waals surface area (Å²) in [7, 11) is -2.44. The topological polar surface area (TPSA) is 49.4 Å². The van der Waals surface area contributed by atoms with Crippen molar-refractivity contribution < 1.29 is 12.8 Å². The second-order valence-electron chi connectivity index (χ2n) is 4.22. The number of hydrogen-bond donors (Lipinski definition) is 1. The van der Waals surface area contributed by atoms with Crippen molar-refractivity contribution in [2.75, 3.05) is 20.1 Å². The lowest BCUT2D eigenvalue weighted by Gasteiger charge is -2.23. The molecule has 1 aliphatic heterocycles. The highest BCUT2D eigenvalue weighted by Gasteiger charge is 2.33. The first-order valence-electron chi connectivity index (χ1n) is 5.57. The van der Waals surface area contributed by atoms with Crippen LogP contribution in [0.3, 0.4) is 0 Å². The van der Waals surface area contributed by atoms with Crippen molar-refractivity contribution in [2.45, 2.75) is 17.4 Å². The van der Waals surface area contributed by atoms with Crippen molar-refractivity contribution in [1.29, 1.82) is 0 Å². The quantitative estimate of drug-likeness (QED) is 0.918. The fraction of sp³-hybridized carbons (Fsp3) is 0.455. The number of likely N-dealkylation sites (N-methyl/N-ethyl adjacent to an activating group) is 1. The van der Waals surface area contributed by atoms with Gasteiger partial charge in [-0.2, -0.15) is 4.31 Å². The standard InChI is InChI=1S/C11H14ClFN2O2S/c1-15(8-5-6-14-7-8)18(16,17)11-9(12)3-2-4-10(11)13/h2-4,8,14H,5-7H2,1H3. The van der Waals surface area contributed by atoms with Gasteiger partial charge in [-0.05, 0) is 25.1 Å². The summed E-state index contributed by atoms with van der Waals surface area (Å²) in [5.74, 6) is -0.819. The Labute approximate surface area is 111 Å². The molecule has 1 aliphatic rings. The van der Waals surface area contributed by atoms with Crippen LogP contribution in [-0.2, 0) is 10.0 Å². The molecule has 0 saturated carbocycles. The first-order valence-corrected chi connectivity index (χ1v) is 7.39. The monoisotopic (exact) mass is 292 g/mol. The molecule has 1 aromatic carbocycles. The number of halogens is 2. The fourth-order valence-corrected chi connectivity index (χ4v) is 3.96. The van der Waals surface area contributed by atoms with Crippen molar-refractivity contribution in [1.82, 2.24) is 9.62 Å². The first kappa shape index (κ1) is 13.7. The number of benzene rings is 1. The van der Waals surface area contributed by atoms with E-state index in [2.05, 4.69) is 5.32 Å². The number of rotatable bonds is 3. The van der Waals surface area contributed by atoms with Crippen LogP contribution >= 0.6 is 11.6 Å². The van der Waals surface area contributed by atoms with Crippen LogP contribution in [0.5, 0.6) is 0 Å². The van der Waals surface area contributed by atoms with E-state index in [4.69, 9.17) is 11.6 Å². The molecule has 7 heteroatoms. The van der Waals surface area contributed by atoms with E-state index in [-0.39, 0.29) is 11.1 Å². The Morgan fingerprint density at radius 2 is 2.22 bits per heavy atom. The van der Waals surface area contributed by atoms with Gasteiger partial charge in [0.2, 0.25) is 10.0 Å². The number of hydrogen-bond acceptors (Lipinski definition) is 3. The lowest BCUT2D eigenvalue weighted by atomic mass is 10.3. The molecule has 0 aromatic heterocycles. The second-order valence-corrected chi connectivity index (χ2v) is 6.56. The molecule has 1 saturated heterocycles. The Balaban J connectivity index is 2.41. The number of sulfonamides is 1. The van der Waals surface area contributed by atoms with Gasteiger partial charge in [0.05, 0.1) is 5.02 Å². The van der Waals surface area contributed by atoms with Crippen molar-refractivity contribution in [3.05, 3.63) is 29.0 Å². The van der Waals surface area contributed by atoms with Gasteiger partial charge < -0.3 is 5.32 Å². The van der Waals surface area contributed by atoms with Crippen molar-refractivity contribution in [3.63, 3.8) is 0 Å². The molecular weight excluding hydrogens is 279 g/mol. The summed E-state index contributed by atoms with van der Waals surface area (Å²) in [4.78, 5) is -0.443. The van der Waals surface area contributed by atoms with Crippen LogP contribution in [0.1, 0.15) is 6.42 Å². The average Bonchev–Trinajstić information content (AvgIpc) is 2.80. The third-order valence-corrected chi connectivity index (χ3v) is 5.52. The van der Waals surface area contributed by atoms with Crippen LogP contribution in [0.4, 0.5) is 4.39 Å². The zero-order valence-corrected chi connectivity index (χ0v) is 11.4. The van der Waals surface area contributed by atoms with Gasteiger partial charge in [-0.25, -0.2) is 12.8 Å². The lowest BCUT2D eigenvalue weighted by Crippen LogP contribution is -2.38. The third kappa shape index (κ3) is 2.38. The third-order valence-electron chi connectivity index (χ3n) is 3.10. The van der Waals surface area contributed by atoms with Crippen molar-refractivity contribution >= 4 is 21.6 Å². The fourth-order valence-electron chi connectivity index (χ4n) is 2.02. The molecule has 0 spiro atoms. The second kappa shape index (κ2) is 5.13. The minimum atomic E-state index is -3.90. The van der Waals surface area contributed by atoms with E-state index in [9.17, 15) is 12.8 Å². The molecule has 1 N–H and O–H groups in total. The highest BCUT2D eigenvalue weighted by Crippen LogP contribution is 2.28. The molecular formula is C11H14ClFN2O2S. The minimum Gasteiger partial charge on any atom is -0.315 e. The summed E-state index contributed by atoms with van der Waals surface area (Å²) >= 11 is 5.80. The molecule has 1 unspecified atom stereocenters. The molecule has 18 heavy (non-hydrogen) atoms. The Morgan fingerprint density at radius 1 is 1.50 bits per heavy atom. The molecule has 4 nitrogen and oxygen atoms in total. The van der Waals surface area contributed by atoms with E-state index in [1.807, 2.05) is 0 Å². The maximum atomic E-state index is 13.7. The van der Waals surface area contributed by atoms with Crippen molar-refractivity contribution in [2.24, 2.45) is 0 Å². The Morgan fingerprint density at radius 3 is 2.78 bits per heavy atom. The van der Waals surface area contributed by atoms with Crippen LogP contribution in [0.2, 0.25) is 5.02 Å². The van der Waals surface area contributed by atoms with Gasteiger partial charge in [0.25, 0.3) is 0 Å². The van der Waals surface area contributed by atoms with E-state index in [0.717, 1.165) is 12.6 Å². The van der Waals surface area contributed by atoms with Gasteiger partial charge >= 0.3 is 0 Å². The van der Waals surface area contributed by atoms with Gasteiger partial charge in [0.1, 0.15) is 10.7 Å². The molecule has 1 aromatic rings. The number of nitrogens with one attached hydrogen (secondary N) is 1. The van der Waals surface area contributed by atoms with Gasteiger partial charge in [-0.3, -0.25) is 0 Å². The summed E-state index contributed by atoms with van der Waals surface area (Å²) in [5.41, 5.74) is 0. The van der Waals surface area contributed by atoms with E-state index < -0.39 is 20.7 Å². The largest absolute Gasteiger partial charge is 0.315 e. The Kier molecular flexibility index (Phi) is 3.91. The van der Waals surface area contributed by atoms with Crippen LogP contribution < -0.4 is 5.32 Å². The zero-order valence-electron chi connectivity index (χ0n) is 9.86. The number of nitrogens with zero attached hydrogens (tertiary/aromatic N) is 1. The van der Waals surface area contributed by atoms with Crippen LogP contribution in [0.15, 0.2) is 23.1 Å². The molecule has 0 radical (unpaired) electrons. The SMILES string of the molecule is CN(C1CCNC1)S(=O)(=O)c1c(F)cccc1Cl. The lowest BCUT2D eigenvalue weighted by molar-refractivity contribution is 0.385. The maximum Gasteiger partial charge on any atom is 0.247 e. The van der Waals surface area contributed by atoms with E-state index in [1.165, 1.54) is 23.5 Å². The van der Waals surface area contributed by atoms with Gasteiger partial charge in [0.15, 0.2) is 0 Å². The first-order chi connectivity index (χ1) is 8.44. The van der Waals surface area contributed by atoms with Gasteiger partial charge in [0, 0.05) is 19.6 Å². The zero-order chi connectivity index (χ0) is 13.3. The molecule has 100 valence electrons. The van der Waals surface area contributed by atoms with E-state index in [1.54, 1.807) is 0 Å². The Hall–Kier alpha value is -0.690.